The second kappa shape index (κ2) is 12.0. The van der Waals surface area contributed by atoms with Gasteiger partial charge in [-0.1, -0.05) is 43.3 Å². The van der Waals surface area contributed by atoms with Gasteiger partial charge in [-0.3, -0.25) is 14.1 Å². The van der Waals surface area contributed by atoms with E-state index in [-0.39, 0.29) is 17.2 Å². The highest BCUT2D eigenvalue weighted by molar-refractivity contribution is 6.06. The SMILES string of the molecule is COC1CN(Cc2ccn3c(NC(=O)c4ccc(C(F)(F)F)c(C(C)C=CN(C)N)c4)c(-c4ccccc4)nc3c2)C1. The molecular formula is C31H33F3N6O2. The number of aromatic nitrogens is 2. The maximum atomic E-state index is 13.9. The minimum atomic E-state index is -4.58. The van der Waals surface area contributed by atoms with Gasteiger partial charge < -0.3 is 15.1 Å². The number of ether oxygens (including phenoxy) is 1. The van der Waals surface area contributed by atoms with Crippen molar-refractivity contribution in [2.24, 2.45) is 5.84 Å². The van der Waals surface area contributed by atoms with Crippen LogP contribution >= 0.6 is 0 Å². The zero-order chi connectivity index (χ0) is 30.0. The lowest BCUT2D eigenvalue weighted by Crippen LogP contribution is -2.50. The number of benzene rings is 2. The third-order valence-corrected chi connectivity index (χ3v) is 7.35. The summed E-state index contributed by atoms with van der Waals surface area (Å²) in [5.41, 5.74) is 2.32. The van der Waals surface area contributed by atoms with Crippen molar-refractivity contribution in [3.63, 3.8) is 0 Å². The second-order valence-corrected chi connectivity index (χ2v) is 10.5. The molecule has 3 heterocycles. The molecule has 0 aliphatic carbocycles. The summed E-state index contributed by atoms with van der Waals surface area (Å²) in [6.07, 6.45) is 0.549. The van der Waals surface area contributed by atoms with Crippen molar-refractivity contribution in [2.75, 3.05) is 32.6 Å². The van der Waals surface area contributed by atoms with Gasteiger partial charge in [-0.25, -0.2) is 10.8 Å². The van der Waals surface area contributed by atoms with E-state index < -0.39 is 23.6 Å². The van der Waals surface area contributed by atoms with Crippen LogP contribution in [-0.4, -0.2) is 58.6 Å². The molecule has 8 nitrogen and oxygen atoms in total. The van der Waals surface area contributed by atoms with Gasteiger partial charge in [0.05, 0.1) is 11.7 Å². The number of halogens is 3. The average molecular weight is 579 g/mol. The standard InChI is InChI=1S/C31H33F3N6O2/c1-20(11-13-38(2)35)25-16-23(9-10-26(25)31(32,33)34)30(41)37-29-28(22-7-5-4-6-8-22)36-27-15-21(12-14-40(27)29)17-39-18-24(19-39)42-3/h4-16,20,24H,17-19,35H2,1-3H3,(H,37,41). The summed E-state index contributed by atoms with van der Waals surface area (Å²) in [5, 5.41) is 4.18. The van der Waals surface area contributed by atoms with E-state index in [2.05, 4.69) is 10.2 Å². The highest BCUT2D eigenvalue weighted by atomic mass is 19.4. The number of likely N-dealkylation sites (tertiary alicyclic amines) is 1. The third kappa shape index (κ3) is 6.33. The largest absolute Gasteiger partial charge is 0.416 e. The number of hydrogen-bond donors (Lipinski definition) is 2. The number of carbonyl (C=O) groups excluding carboxylic acids is 1. The van der Waals surface area contributed by atoms with Crippen LogP contribution in [-0.2, 0) is 17.5 Å². The topological polar surface area (TPSA) is 88.1 Å². The second-order valence-electron chi connectivity index (χ2n) is 10.5. The molecule has 42 heavy (non-hydrogen) atoms. The number of allylic oxidation sites excluding steroid dienone is 1. The monoisotopic (exact) mass is 578 g/mol. The van der Waals surface area contributed by atoms with E-state index in [1.807, 2.05) is 48.7 Å². The fourth-order valence-electron chi connectivity index (χ4n) is 5.05. The lowest BCUT2D eigenvalue weighted by Gasteiger charge is -2.38. The molecule has 1 fully saturated rings. The molecule has 0 bridgehead atoms. The van der Waals surface area contributed by atoms with E-state index in [1.54, 1.807) is 31.6 Å². The molecule has 1 unspecified atom stereocenters. The molecule has 5 rings (SSSR count). The minimum Gasteiger partial charge on any atom is -0.379 e. The van der Waals surface area contributed by atoms with Crippen molar-refractivity contribution in [1.82, 2.24) is 19.3 Å². The number of hydrogen-bond acceptors (Lipinski definition) is 6. The highest BCUT2D eigenvalue weighted by Crippen LogP contribution is 2.37. The average Bonchev–Trinajstić information content (AvgIpc) is 3.30. The number of fused-ring (bicyclic) bond motifs is 1. The quantitative estimate of drug-likeness (QED) is 0.201. The summed E-state index contributed by atoms with van der Waals surface area (Å²) in [7, 11) is 3.28. The molecule has 2 aromatic carbocycles. The van der Waals surface area contributed by atoms with E-state index in [9.17, 15) is 18.0 Å². The van der Waals surface area contributed by atoms with Gasteiger partial charge in [0, 0.05) is 63.2 Å². The first-order chi connectivity index (χ1) is 20.0. The van der Waals surface area contributed by atoms with E-state index in [0.717, 1.165) is 36.8 Å². The fourth-order valence-corrected chi connectivity index (χ4v) is 5.05. The Morgan fingerprint density at radius 2 is 1.93 bits per heavy atom. The molecule has 1 aliphatic heterocycles. The van der Waals surface area contributed by atoms with Crippen LogP contribution in [0.25, 0.3) is 16.9 Å². The number of hydrazine groups is 1. The van der Waals surface area contributed by atoms with E-state index in [1.165, 1.54) is 23.3 Å². The zero-order valence-corrected chi connectivity index (χ0v) is 23.6. The number of pyridine rings is 1. The maximum absolute atomic E-state index is 13.9. The van der Waals surface area contributed by atoms with Crippen LogP contribution in [0, 0.1) is 0 Å². The molecule has 0 spiro atoms. The number of amides is 1. The third-order valence-electron chi connectivity index (χ3n) is 7.35. The van der Waals surface area contributed by atoms with Gasteiger partial charge >= 0.3 is 6.18 Å². The number of carbonyl (C=O) groups is 1. The summed E-state index contributed by atoms with van der Waals surface area (Å²) in [6.45, 7) is 4.09. The van der Waals surface area contributed by atoms with Gasteiger partial charge in [-0.15, -0.1) is 0 Å². The Hall–Kier alpha value is -4.19. The number of alkyl halides is 3. The normalized spacial score (nSPS) is 15.2. The van der Waals surface area contributed by atoms with E-state index in [0.29, 0.717) is 17.2 Å². The number of nitrogens with zero attached hydrogens (tertiary/aromatic N) is 4. The molecule has 0 radical (unpaired) electrons. The summed E-state index contributed by atoms with van der Waals surface area (Å²) in [6, 6.07) is 16.8. The van der Waals surface area contributed by atoms with Crippen molar-refractivity contribution in [2.45, 2.75) is 31.7 Å². The van der Waals surface area contributed by atoms with Crippen molar-refractivity contribution < 1.29 is 22.7 Å². The number of nitrogens with one attached hydrogen (secondary N) is 1. The molecule has 1 amide bonds. The number of nitrogens with two attached hydrogens (primary N) is 1. The molecule has 11 heteroatoms. The molecule has 3 N–H and O–H groups in total. The molecule has 0 saturated carbocycles. The number of rotatable bonds is 9. The van der Waals surface area contributed by atoms with Gasteiger partial charge in [0.25, 0.3) is 5.91 Å². The van der Waals surface area contributed by atoms with Crippen LogP contribution in [0.2, 0.25) is 0 Å². The Balaban J connectivity index is 1.49. The van der Waals surface area contributed by atoms with Crippen LogP contribution in [0.4, 0.5) is 19.0 Å². The first-order valence-electron chi connectivity index (χ1n) is 13.5. The minimum absolute atomic E-state index is 0.0268. The number of imidazole rings is 1. The Bertz CT molecular complexity index is 1590. The Morgan fingerprint density at radius 3 is 2.60 bits per heavy atom. The van der Waals surface area contributed by atoms with Crippen molar-refractivity contribution in [1.29, 1.82) is 0 Å². The van der Waals surface area contributed by atoms with Crippen LogP contribution in [0.15, 0.2) is 79.1 Å². The Morgan fingerprint density at radius 1 is 1.19 bits per heavy atom. The summed E-state index contributed by atoms with van der Waals surface area (Å²) < 4.78 is 48.7. The first-order valence-corrected chi connectivity index (χ1v) is 13.5. The molecule has 220 valence electrons. The van der Waals surface area contributed by atoms with Gasteiger partial charge in [-0.2, -0.15) is 13.2 Å². The summed E-state index contributed by atoms with van der Waals surface area (Å²) in [5.74, 6) is 4.83. The Kier molecular flexibility index (Phi) is 8.35. The maximum Gasteiger partial charge on any atom is 0.416 e. The molecule has 1 saturated heterocycles. The van der Waals surface area contributed by atoms with Crippen LogP contribution in [0.1, 0.15) is 39.9 Å². The van der Waals surface area contributed by atoms with Gasteiger partial charge in [0.1, 0.15) is 17.2 Å². The molecule has 4 aromatic rings. The predicted molar refractivity (Wildman–Crippen MR) is 156 cm³/mol. The van der Waals surface area contributed by atoms with Gasteiger partial charge in [-0.05, 0) is 41.5 Å². The van der Waals surface area contributed by atoms with Crippen LogP contribution in [0.3, 0.4) is 0 Å². The molecule has 1 aliphatic rings. The van der Waals surface area contributed by atoms with E-state index >= 15 is 0 Å². The summed E-state index contributed by atoms with van der Waals surface area (Å²) in [4.78, 5) is 20.7. The predicted octanol–water partition coefficient (Wildman–Crippen LogP) is 5.53. The van der Waals surface area contributed by atoms with Crippen LogP contribution < -0.4 is 11.2 Å². The van der Waals surface area contributed by atoms with Crippen LogP contribution in [0.5, 0.6) is 0 Å². The van der Waals surface area contributed by atoms with Crippen molar-refractivity contribution >= 4 is 17.4 Å². The smallest absolute Gasteiger partial charge is 0.379 e. The Labute approximate surface area is 242 Å². The lowest BCUT2D eigenvalue weighted by molar-refractivity contribution is -0.138. The van der Waals surface area contributed by atoms with Crippen molar-refractivity contribution in [3.05, 3.63) is 101 Å². The molecular weight excluding hydrogens is 545 g/mol. The summed E-state index contributed by atoms with van der Waals surface area (Å²) >= 11 is 0. The fraction of sp³-hybridized carbons (Fsp3) is 0.290. The first kappa shape index (κ1) is 29.3. The number of methoxy groups -OCH3 is 1. The lowest BCUT2D eigenvalue weighted by atomic mass is 9.93. The van der Waals surface area contributed by atoms with Crippen molar-refractivity contribution in [3.8, 4) is 11.3 Å². The highest BCUT2D eigenvalue weighted by Gasteiger charge is 2.35. The van der Waals surface area contributed by atoms with E-state index in [4.69, 9.17) is 15.6 Å². The number of anilines is 1. The van der Waals surface area contributed by atoms with Gasteiger partial charge in [0.15, 0.2) is 0 Å². The molecule has 2 aromatic heterocycles. The molecule has 1 atom stereocenters. The van der Waals surface area contributed by atoms with Gasteiger partial charge in [0.2, 0.25) is 0 Å². The zero-order valence-electron chi connectivity index (χ0n) is 23.6.